The van der Waals surface area contributed by atoms with Gasteiger partial charge in [0.2, 0.25) is 11.8 Å². The van der Waals surface area contributed by atoms with E-state index in [1.807, 2.05) is 50.1 Å². The molecule has 0 aliphatic heterocycles. The highest BCUT2D eigenvalue weighted by atomic mass is 32.1. The van der Waals surface area contributed by atoms with Crippen LogP contribution in [-0.4, -0.2) is 52.6 Å². The van der Waals surface area contributed by atoms with Crippen LogP contribution in [0.1, 0.15) is 113 Å². The van der Waals surface area contributed by atoms with Crippen molar-refractivity contribution in [1.29, 1.82) is 0 Å². The predicted octanol–water partition coefficient (Wildman–Crippen LogP) is 7.63. The van der Waals surface area contributed by atoms with Crippen molar-refractivity contribution < 1.29 is 19.4 Å². The molecule has 2 saturated carbocycles. The molecule has 4 rings (SSSR count). The van der Waals surface area contributed by atoms with Gasteiger partial charge in [0, 0.05) is 36.2 Å². The number of carbonyl (C=O) groups is 2. The molecule has 0 radical (unpaired) electrons. The third-order valence-corrected chi connectivity index (χ3v) is 9.51. The molecular formula is C35H49N3O4S. The zero-order chi connectivity index (χ0) is 31.1. The standard InChI is InChI=1S/C35H49N3O4S/c1-7-20-37(6)23-25-17-19-36-31(21-25)42-28-14-12-27(13-15-28)38(33(39)26-10-8-24(2)9-11-26)30-22-29(16-18-35(3,4)5)43-32(30)34(40)41/h17,19,21-22,24,26-28H,7-15,20,23H2,1-6H3,(H,40,41)/t24?,26?,27-,28-. The highest BCUT2D eigenvalue weighted by molar-refractivity contribution is 7.15. The second-order valence-corrected chi connectivity index (χ2v) is 14.6. The number of carboxylic acid groups (broad SMARTS) is 1. The maximum atomic E-state index is 14.2. The molecule has 2 aliphatic carbocycles. The van der Waals surface area contributed by atoms with Gasteiger partial charge in [0.05, 0.1) is 10.6 Å². The number of ether oxygens (including phenoxy) is 1. The minimum atomic E-state index is -1.01. The summed E-state index contributed by atoms with van der Waals surface area (Å²) in [6.45, 7) is 12.4. The molecule has 0 bridgehead atoms. The van der Waals surface area contributed by atoms with E-state index in [0.29, 0.717) is 22.4 Å². The van der Waals surface area contributed by atoms with Crippen molar-refractivity contribution >= 4 is 28.9 Å². The summed E-state index contributed by atoms with van der Waals surface area (Å²) in [4.78, 5) is 36.1. The lowest BCUT2D eigenvalue weighted by molar-refractivity contribution is -0.124. The number of aromatic nitrogens is 1. The Kier molecular flexibility index (Phi) is 11.3. The first-order valence-corrected chi connectivity index (χ1v) is 16.8. The lowest BCUT2D eigenvalue weighted by atomic mass is 9.81. The molecule has 2 aromatic rings. The topological polar surface area (TPSA) is 83.0 Å². The first-order chi connectivity index (χ1) is 20.4. The summed E-state index contributed by atoms with van der Waals surface area (Å²) < 4.78 is 6.35. The van der Waals surface area contributed by atoms with Crippen LogP contribution in [0.4, 0.5) is 5.69 Å². The monoisotopic (exact) mass is 607 g/mol. The predicted molar refractivity (Wildman–Crippen MR) is 174 cm³/mol. The molecule has 0 unspecified atom stereocenters. The molecule has 0 atom stereocenters. The maximum Gasteiger partial charge on any atom is 0.348 e. The molecule has 0 saturated heterocycles. The fraction of sp³-hybridized carbons (Fsp3) is 0.629. The van der Waals surface area contributed by atoms with Gasteiger partial charge >= 0.3 is 5.97 Å². The Hall–Kier alpha value is -2.89. The number of hydrogen-bond donors (Lipinski definition) is 1. The Bertz CT molecular complexity index is 1300. The smallest absolute Gasteiger partial charge is 0.348 e. The van der Waals surface area contributed by atoms with Gasteiger partial charge in [0.25, 0.3) is 0 Å². The molecule has 2 aromatic heterocycles. The minimum absolute atomic E-state index is 0.00878. The van der Waals surface area contributed by atoms with Gasteiger partial charge in [-0.15, -0.1) is 11.3 Å². The van der Waals surface area contributed by atoms with Crippen LogP contribution in [0.15, 0.2) is 24.4 Å². The third-order valence-electron chi connectivity index (χ3n) is 8.48. The molecule has 2 fully saturated rings. The molecule has 1 N–H and O–H groups in total. The molecule has 8 heteroatoms. The Labute approximate surface area is 262 Å². The number of nitrogens with zero attached hydrogens (tertiary/aromatic N) is 3. The molecule has 43 heavy (non-hydrogen) atoms. The van der Waals surface area contributed by atoms with Gasteiger partial charge < -0.3 is 19.6 Å². The number of rotatable bonds is 10. The van der Waals surface area contributed by atoms with E-state index in [9.17, 15) is 14.7 Å². The maximum absolute atomic E-state index is 14.2. The van der Waals surface area contributed by atoms with Gasteiger partial charge in [-0.2, -0.15) is 0 Å². The highest BCUT2D eigenvalue weighted by Crippen LogP contribution is 2.39. The number of pyridine rings is 1. The van der Waals surface area contributed by atoms with Gasteiger partial charge in [-0.3, -0.25) is 4.79 Å². The summed E-state index contributed by atoms with van der Waals surface area (Å²) in [5.41, 5.74) is 1.48. The van der Waals surface area contributed by atoms with E-state index in [1.165, 1.54) is 16.9 Å². The normalized spacial score (nSPS) is 22.5. The zero-order valence-electron chi connectivity index (χ0n) is 26.8. The number of carbonyl (C=O) groups excluding carboxylic acids is 1. The van der Waals surface area contributed by atoms with Gasteiger partial charge in [0.15, 0.2) is 0 Å². The summed E-state index contributed by atoms with van der Waals surface area (Å²) in [6, 6.07) is 5.82. The second-order valence-electron chi connectivity index (χ2n) is 13.6. The van der Waals surface area contributed by atoms with Crippen molar-refractivity contribution in [3.8, 4) is 17.7 Å². The summed E-state index contributed by atoms with van der Waals surface area (Å²) in [5, 5.41) is 10.2. The van der Waals surface area contributed by atoms with Crippen molar-refractivity contribution in [2.45, 2.75) is 111 Å². The van der Waals surface area contributed by atoms with E-state index < -0.39 is 5.97 Å². The van der Waals surface area contributed by atoms with E-state index in [0.717, 1.165) is 70.9 Å². The largest absolute Gasteiger partial charge is 0.477 e. The van der Waals surface area contributed by atoms with Crippen LogP contribution in [0.5, 0.6) is 5.88 Å². The van der Waals surface area contributed by atoms with Crippen LogP contribution in [0.2, 0.25) is 0 Å². The summed E-state index contributed by atoms with van der Waals surface area (Å²) >= 11 is 1.17. The first-order valence-electron chi connectivity index (χ1n) is 16.0. The van der Waals surface area contributed by atoms with Gasteiger partial charge in [-0.05, 0) is 116 Å². The van der Waals surface area contributed by atoms with E-state index in [-0.39, 0.29) is 34.3 Å². The molecule has 1 amide bonds. The molecule has 2 heterocycles. The van der Waals surface area contributed by atoms with Crippen LogP contribution in [0.3, 0.4) is 0 Å². The lowest BCUT2D eigenvalue weighted by Crippen LogP contribution is -2.47. The average molecular weight is 608 g/mol. The van der Waals surface area contributed by atoms with Crippen molar-refractivity contribution in [2.75, 3.05) is 18.5 Å². The van der Waals surface area contributed by atoms with Crippen LogP contribution < -0.4 is 9.64 Å². The zero-order valence-corrected chi connectivity index (χ0v) is 27.6. The summed E-state index contributed by atoms with van der Waals surface area (Å²) in [7, 11) is 2.12. The van der Waals surface area contributed by atoms with Crippen LogP contribution >= 0.6 is 11.3 Å². The molecular weight excluding hydrogens is 558 g/mol. The van der Waals surface area contributed by atoms with Crippen LogP contribution in [-0.2, 0) is 11.3 Å². The van der Waals surface area contributed by atoms with Crippen molar-refractivity contribution in [3.63, 3.8) is 0 Å². The molecule has 2 aliphatic rings. The number of amides is 1. The Balaban J connectivity index is 1.54. The number of anilines is 1. The van der Waals surface area contributed by atoms with E-state index in [4.69, 9.17) is 4.74 Å². The van der Waals surface area contributed by atoms with Crippen molar-refractivity contribution in [3.05, 3.63) is 39.7 Å². The third kappa shape index (κ3) is 9.30. The van der Waals surface area contributed by atoms with Crippen LogP contribution in [0.25, 0.3) is 0 Å². The molecule has 0 spiro atoms. The van der Waals surface area contributed by atoms with E-state index in [1.54, 1.807) is 0 Å². The number of hydrogen-bond acceptors (Lipinski definition) is 6. The lowest BCUT2D eigenvalue weighted by Gasteiger charge is -2.39. The average Bonchev–Trinajstić information content (AvgIpc) is 3.37. The Morgan fingerprint density at radius 1 is 1.09 bits per heavy atom. The Morgan fingerprint density at radius 3 is 2.42 bits per heavy atom. The highest BCUT2D eigenvalue weighted by Gasteiger charge is 2.38. The fourth-order valence-electron chi connectivity index (χ4n) is 6.20. The fourth-order valence-corrected chi connectivity index (χ4v) is 7.04. The van der Waals surface area contributed by atoms with Crippen LogP contribution in [0, 0.1) is 29.1 Å². The summed E-state index contributed by atoms with van der Waals surface area (Å²) in [5.74, 6) is 6.65. The first kappa shape index (κ1) is 33.0. The SMILES string of the molecule is CCCN(C)Cc1ccnc(O[C@H]2CC[C@H](N(C(=O)C3CCC(C)CC3)c3cc(C#CC(C)(C)C)sc3C(=O)O)CC2)c1. The van der Waals surface area contributed by atoms with E-state index >= 15 is 0 Å². The second kappa shape index (κ2) is 14.7. The number of carboxylic acids is 1. The van der Waals surface area contributed by atoms with Crippen molar-refractivity contribution in [1.82, 2.24) is 9.88 Å². The van der Waals surface area contributed by atoms with E-state index in [2.05, 4.69) is 42.6 Å². The number of aromatic carboxylic acids is 1. The molecule has 0 aromatic carbocycles. The minimum Gasteiger partial charge on any atom is -0.477 e. The molecule has 234 valence electrons. The Morgan fingerprint density at radius 2 is 1.79 bits per heavy atom. The quantitative estimate of drug-likeness (QED) is 0.280. The van der Waals surface area contributed by atoms with Crippen molar-refractivity contribution in [2.24, 2.45) is 17.3 Å². The number of thiophene rings is 1. The van der Waals surface area contributed by atoms with Gasteiger partial charge in [-0.1, -0.05) is 25.7 Å². The van der Waals surface area contributed by atoms with Gasteiger partial charge in [-0.25, -0.2) is 9.78 Å². The summed E-state index contributed by atoms with van der Waals surface area (Å²) in [6.07, 6.45) is 9.75. The van der Waals surface area contributed by atoms with Gasteiger partial charge in [0.1, 0.15) is 11.0 Å². The molecule has 7 nitrogen and oxygen atoms in total.